The molecule has 1 aromatic rings. The number of hydrogen-bond acceptors (Lipinski definition) is 3. The Morgan fingerprint density at radius 1 is 1.35 bits per heavy atom. The molecule has 110 valence electrons. The van der Waals surface area contributed by atoms with E-state index in [1.54, 1.807) is 0 Å². The maximum atomic E-state index is 12.3. The van der Waals surface area contributed by atoms with Gasteiger partial charge in [0.15, 0.2) is 5.78 Å². The van der Waals surface area contributed by atoms with Crippen molar-refractivity contribution in [3.05, 3.63) is 35.4 Å². The van der Waals surface area contributed by atoms with Crippen molar-refractivity contribution >= 4 is 5.78 Å². The first-order chi connectivity index (χ1) is 9.47. The van der Waals surface area contributed by atoms with Gasteiger partial charge in [-0.2, -0.15) is 0 Å². The summed E-state index contributed by atoms with van der Waals surface area (Å²) in [6, 6.07) is 7.95. The molecule has 1 aromatic carbocycles. The van der Waals surface area contributed by atoms with Crippen LogP contribution in [0, 0.1) is 5.92 Å². The van der Waals surface area contributed by atoms with Gasteiger partial charge in [0.2, 0.25) is 0 Å². The van der Waals surface area contributed by atoms with Crippen LogP contribution in [0.3, 0.4) is 0 Å². The van der Waals surface area contributed by atoms with Crippen molar-refractivity contribution in [3.63, 3.8) is 0 Å². The maximum Gasteiger partial charge on any atom is 0.176 e. The molecule has 1 N–H and O–H groups in total. The molecular weight excluding hydrogens is 250 g/mol. The van der Waals surface area contributed by atoms with Crippen molar-refractivity contribution in [1.29, 1.82) is 0 Å². The zero-order valence-corrected chi connectivity index (χ0v) is 12.7. The van der Waals surface area contributed by atoms with E-state index in [1.807, 2.05) is 31.2 Å². The first-order valence-corrected chi connectivity index (χ1v) is 7.51. The lowest BCUT2D eigenvalue weighted by Gasteiger charge is -2.33. The summed E-state index contributed by atoms with van der Waals surface area (Å²) in [4.78, 5) is 14.4. The van der Waals surface area contributed by atoms with Crippen LogP contribution in [0.5, 0.6) is 0 Å². The second kappa shape index (κ2) is 6.51. The number of ketones is 1. The van der Waals surface area contributed by atoms with Gasteiger partial charge in [0.1, 0.15) is 0 Å². The van der Waals surface area contributed by atoms with Gasteiger partial charge in [-0.15, -0.1) is 0 Å². The van der Waals surface area contributed by atoms with Gasteiger partial charge in [0, 0.05) is 18.7 Å². The van der Waals surface area contributed by atoms with Gasteiger partial charge in [0.05, 0.1) is 12.6 Å². The molecule has 1 heterocycles. The first kappa shape index (κ1) is 15.2. The van der Waals surface area contributed by atoms with Crippen LogP contribution in [-0.4, -0.2) is 41.5 Å². The monoisotopic (exact) mass is 275 g/mol. The lowest BCUT2D eigenvalue weighted by molar-refractivity contribution is 0.0344. The maximum absolute atomic E-state index is 12.3. The highest BCUT2D eigenvalue weighted by Gasteiger charge is 2.25. The van der Waals surface area contributed by atoms with Gasteiger partial charge in [-0.25, -0.2) is 0 Å². The molecule has 0 aromatic heterocycles. The molecule has 2 atom stereocenters. The Labute approximate surface area is 121 Å². The molecule has 3 nitrogen and oxygen atoms in total. The molecule has 1 aliphatic heterocycles. The van der Waals surface area contributed by atoms with Gasteiger partial charge in [-0.1, -0.05) is 45.0 Å². The number of rotatable bonds is 4. The van der Waals surface area contributed by atoms with Crippen molar-refractivity contribution in [1.82, 2.24) is 4.90 Å². The Morgan fingerprint density at radius 3 is 2.55 bits per heavy atom. The van der Waals surface area contributed by atoms with Crippen LogP contribution in [0.2, 0.25) is 0 Å². The standard InChI is InChI=1S/C17H25NO2/c1-12(2)14-4-6-15(7-5-14)17(20)11-18-9-8-16(19)13(3)10-18/h4-7,12-13,16,19H,8-11H2,1-3H3. The molecule has 2 rings (SSSR count). The lowest BCUT2D eigenvalue weighted by Crippen LogP contribution is -2.44. The topological polar surface area (TPSA) is 40.5 Å². The van der Waals surface area contributed by atoms with Crippen LogP contribution in [-0.2, 0) is 0 Å². The molecule has 0 amide bonds. The van der Waals surface area contributed by atoms with Gasteiger partial charge in [-0.05, 0) is 23.8 Å². The quantitative estimate of drug-likeness (QED) is 0.859. The second-order valence-corrected chi connectivity index (χ2v) is 6.27. The van der Waals surface area contributed by atoms with Crippen molar-refractivity contribution in [2.45, 2.75) is 39.2 Å². The largest absolute Gasteiger partial charge is 0.393 e. The van der Waals surface area contributed by atoms with Crippen LogP contribution >= 0.6 is 0 Å². The van der Waals surface area contributed by atoms with E-state index in [-0.39, 0.29) is 17.8 Å². The van der Waals surface area contributed by atoms with Crippen LogP contribution < -0.4 is 0 Å². The van der Waals surface area contributed by atoms with E-state index in [4.69, 9.17) is 0 Å². The average Bonchev–Trinajstić information content (AvgIpc) is 2.43. The molecule has 2 unspecified atom stereocenters. The number of carbonyl (C=O) groups is 1. The molecule has 0 aliphatic carbocycles. The van der Waals surface area contributed by atoms with Gasteiger partial charge in [0.25, 0.3) is 0 Å². The van der Waals surface area contributed by atoms with Gasteiger partial charge < -0.3 is 5.11 Å². The Kier molecular flexibility index (Phi) is 4.95. The number of aliphatic hydroxyl groups is 1. The third-order valence-corrected chi connectivity index (χ3v) is 4.21. The summed E-state index contributed by atoms with van der Waals surface area (Å²) in [5.74, 6) is 0.910. The Balaban J connectivity index is 1.94. The zero-order chi connectivity index (χ0) is 14.7. The van der Waals surface area contributed by atoms with Crippen molar-refractivity contribution in [2.75, 3.05) is 19.6 Å². The summed E-state index contributed by atoms with van der Waals surface area (Å²) in [6.45, 7) is 8.41. The Hall–Kier alpha value is -1.19. The van der Waals surface area contributed by atoms with Gasteiger partial charge in [-0.3, -0.25) is 9.69 Å². The summed E-state index contributed by atoms with van der Waals surface area (Å²) in [6.07, 6.45) is 0.549. The molecule has 0 spiro atoms. The Bertz CT molecular complexity index is 453. The number of carbonyl (C=O) groups excluding carboxylic acids is 1. The first-order valence-electron chi connectivity index (χ1n) is 7.51. The summed E-state index contributed by atoms with van der Waals surface area (Å²) in [5.41, 5.74) is 2.05. The zero-order valence-electron chi connectivity index (χ0n) is 12.7. The van der Waals surface area contributed by atoms with E-state index in [9.17, 15) is 9.90 Å². The number of piperidine rings is 1. The number of benzene rings is 1. The lowest BCUT2D eigenvalue weighted by atomic mass is 9.96. The number of nitrogens with zero attached hydrogens (tertiary/aromatic N) is 1. The van der Waals surface area contributed by atoms with Crippen LogP contribution in [0.1, 0.15) is 49.0 Å². The highest BCUT2D eigenvalue weighted by molar-refractivity contribution is 5.97. The molecule has 1 saturated heterocycles. The fourth-order valence-electron chi connectivity index (χ4n) is 2.71. The van der Waals surface area contributed by atoms with Crippen molar-refractivity contribution in [3.8, 4) is 0 Å². The molecule has 0 radical (unpaired) electrons. The SMILES string of the molecule is CC(C)c1ccc(C(=O)CN2CCC(O)C(C)C2)cc1. The molecule has 0 saturated carbocycles. The van der Waals surface area contributed by atoms with Crippen LogP contribution in [0.25, 0.3) is 0 Å². The minimum atomic E-state index is -0.216. The van der Waals surface area contributed by atoms with E-state index in [0.717, 1.165) is 25.1 Å². The van der Waals surface area contributed by atoms with E-state index in [1.165, 1.54) is 5.56 Å². The summed E-state index contributed by atoms with van der Waals surface area (Å²) >= 11 is 0. The van der Waals surface area contributed by atoms with Crippen LogP contribution in [0.15, 0.2) is 24.3 Å². The predicted octanol–water partition coefficient (Wildman–Crippen LogP) is 2.70. The predicted molar refractivity (Wildman–Crippen MR) is 81.1 cm³/mol. The summed E-state index contributed by atoms with van der Waals surface area (Å²) < 4.78 is 0. The third-order valence-electron chi connectivity index (χ3n) is 4.21. The molecule has 1 fully saturated rings. The molecule has 0 bridgehead atoms. The number of aliphatic hydroxyl groups excluding tert-OH is 1. The molecular formula is C17H25NO2. The fraction of sp³-hybridized carbons (Fsp3) is 0.588. The van der Waals surface area contributed by atoms with E-state index >= 15 is 0 Å². The number of Topliss-reactive ketones (excluding diaryl/α,β-unsaturated/α-hetero) is 1. The minimum Gasteiger partial charge on any atom is -0.393 e. The highest BCUT2D eigenvalue weighted by atomic mass is 16.3. The smallest absolute Gasteiger partial charge is 0.176 e. The summed E-state index contributed by atoms with van der Waals surface area (Å²) in [7, 11) is 0. The number of hydrogen-bond donors (Lipinski definition) is 1. The van der Waals surface area contributed by atoms with E-state index < -0.39 is 0 Å². The molecule has 1 aliphatic rings. The summed E-state index contributed by atoms with van der Waals surface area (Å²) in [5, 5.41) is 9.72. The fourth-order valence-corrected chi connectivity index (χ4v) is 2.71. The van der Waals surface area contributed by atoms with Crippen molar-refractivity contribution in [2.24, 2.45) is 5.92 Å². The van der Waals surface area contributed by atoms with Gasteiger partial charge >= 0.3 is 0 Å². The van der Waals surface area contributed by atoms with Crippen molar-refractivity contribution < 1.29 is 9.90 Å². The molecule has 3 heteroatoms. The third kappa shape index (κ3) is 3.68. The van der Waals surface area contributed by atoms with Crippen LogP contribution in [0.4, 0.5) is 0 Å². The normalized spacial score (nSPS) is 24.1. The highest BCUT2D eigenvalue weighted by Crippen LogP contribution is 2.18. The average molecular weight is 275 g/mol. The molecule has 20 heavy (non-hydrogen) atoms. The van der Waals surface area contributed by atoms with E-state index in [2.05, 4.69) is 18.7 Å². The second-order valence-electron chi connectivity index (χ2n) is 6.27. The van der Waals surface area contributed by atoms with E-state index in [0.29, 0.717) is 12.5 Å². The minimum absolute atomic E-state index is 0.170. The Morgan fingerprint density at radius 2 is 2.00 bits per heavy atom. The number of likely N-dealkylation sites (tertiary alicyclic amines) is 1.